The van der Waals surface area contributed by atoms with Gasteiger partial charge < -0.3 is 10.6 Å². The van der Waals surface area contributed by atoms with Crippen LogP contribution in [0.5, 0.6) is 0 Å². The first kappa shape index (κ1) is 13.5. The van der Waals surface area contributed by atoms with Crippen molar-refractivity contribution in [2.75, 3.05) is 25.6 Å². The normalized spacial score (nSPS) is 11.2. The maximum absolute atomic E-state index is 11.9. The Morgan fingerprint density at radius 2 is 1.94 bits per heavy atom. The third-order valence-electron chi connectivity index (χ3n) is 2.42. The van der Waals surface area contributed by atoms with Gasteiger partial charge in [0, 0.05) is 31.1 Å². The van der Waals surface area contributed by atoms with E-state index in [1.807, 2.05) is 6.92 Å². The van der Waals surface area contributed by atoms with Crippen LogP contribution >= 0.6 is 0 Å². The van der Waals surface area contributed by atoms with Crippen LogP contribution in [0.2, 0.25) is 0 Å². The lowest BCUT2D eigenvalue weighted by atomic mass is 10.2. The van der Waals surface area contributed by atoms with Crippen LogP contribution in [0.3, 0.4) is 0 Å². The highest BCUT2D eigenvalue weighted by molar-refractivity contribution is 7.90. The van der Waals surface area contributed by atoms with Gasteiger partial charge in [0.1, 0.15) is 0 Å². The summed E-state index contributed by atoms with van der Waals surface area (Å²) in [4.78, 5) is 13.4. The summed E-state index contributed by atoms with van der Waals surface area (Å²) in [5.41, 5.74) is 6.15. The van der Waals surface area contributed by atoms with Crippen LogP contribution < -0.4 is 5.73 Å². The Labute approximate surface area is 101 Å². The van der Waals surface area contributed by atoms with Crippen LogP contribution in [0, 0.1) is 0 Å². The van der Waals surface area contributed by atoms with Crippen LogP contribution in [-0.4, -0.2) is 39.1 Å². The molecule has 0 saturated carbocycles. The van der Waals surface area contributed by atoms with Gasteiger partial charge in [-0.05, 0) is 25.1 Å². The number of amides is 1. The van der Waals surface area contributed by atoms with Crippen LogP contribution in [0.25, 0.3) is 0 Å². The lowest BCUT2D eigenvalue weighted by molar-refractivity contribution is 0.0802. The zero-order chi connectivity index (χ0) is 13.2. The number of carbonyl (C=O) groups excluding carboxylic acids is 1. The standard InChI is InChI=1S/C11H16N2O3S/c1-4-13(2)11(14)8-5-9(12)7-10(6-8)17(3,15)16/h5-7H,4,12H2,1-3H3. The maximum atomic E-state index is 11.9. The highest BCUT2D eigenvalue weighted by atomic mass is 32.2. The number of anilines is 1. The quantitative estimate of drug-likeness (QED) is 0.810. The second-order valence-electron chi connectivity index (χ2n) is 3.88. The number of hydrogen-bond donors (Lipinski definition) is 1. The molecule has 0 aliphatic heterocycles. The summed E-state index contributed by atoms with van der Waals surface area (Å²) in [6.07, 6.45) is 1.08. The molecule has 1 aromatic rings. The first-order chi connectivity index (χ1) is 7.75. The van der Waals surface area contributed by atoms with Crippen LogP contribution in [0.1, 0.15) is 17.3 Å². The monoisotopic (exact) mass is 256 g/mol. The Morgan fingerprint density at radius 1 is 1.35 bits per heavy atom. The molecule has 1 aromatic carbocycles. The number of benzene rings is 1. The minimum atomic E-state index is -3.36. The third kappa shape index (κ3) is 3.20. The molecule has 0 spiro atoms. The van der Waals surface area contributed by atoms with Crippen LogP contribution in [0.4, 0.5) is 5.69 Å². The number of nitrogen functional groups attached to an aromatic ring is 1. The minimum Gasteiger partial charge on any atom is -0.399 e. The second-order valence-corrected chi connectivity index (χ2v) is 5.90. The molecular weight excluding hydrogens is 240 g/mol. The predicted molar refractivity (Wildman–Crippen MR) is 66.6 cm³/mol. The summed E-state index contributed by atoms with van der Waals surface area (Å²) in [7, 11) is -1.72. The molecule has 0 radical (unpaired) electrons. The minimum absolute atomic E-state index is 0.0605. The Hall–Kier alpha value is -1.56. The first-order valence-electron chi connectivity index (χ1n) is 5.11. The molecule has 2 N–H and O–H groups in total. The first-order valence-corrected chi connectivity index (χ1v) is 7.01. The van der Waals surface area contributed by atoms with E-state index in [-0.39, 0.29) is 22.1 Å². The molecule has 0 saturated heterocycles. The molecule has 0 heterocycles. The van der Waals surface area contributed by atoms with Crippen LogP contribution in [0.15, 0.2) is 23.1 Å². The van der Waals surface area contributed by atoms with Gasteiger partial charge in [0.05, 0.1) is 4.90 Å². The van der Waals surface area contributed by atoms with Crippen molar-refractivity contribution in [2.24, 2.45) is 0 Å². The number of nitrogens with two attached hydrogens (primary N) is 1. The zero-order valence-corrected chi connectivity index (χ0v) is 10.9. The van der Waals surface area contributed by atoms with Gasteiger partial charge in [-0.1, -0.05) is 0 Å². The molecule has 6 heteroatoms. The summed E-state index contributed by atoms with van der Waals surface area (Å²) in [5, 5.41) is 0. The lowest BCUT2D eigenvalue weighted by Crippen LogP contribution is -2.26. The molecule has 17 heavy (non-hydrogen) atoms. The van der Waals surface area contributed by atoms with Gasteiger partial charge in [0.25, 0.3) is 5.91 Å². The van der Waals surface area contributed by atoms with E-state index < -0.39 is 9.84 Å². The van der Waals surface area contributed by atoms with E-state index in [1.54, 1.807) is 7.05 Å². The third-order valence-corrected chi connectivity index (χ3v) is 3.52. The molecular formula is C11H16N2O3S. The molecule has 1 amide bonds. The van der Waals surface area contributed by atoms with E-state index in [4.69, 9.17) is 5.73 Å². The summed E-state index contributed by atoms with van der Waals surface area (Å²) >= 11 is 0. The van der Waals surface area contributed by atoms with E-state index in [2.05, 4.69) is 0 Å². The van der Waals surface area contributed by atoms with Gasteiger partial charge in [-0.15, -0.1) is 0 Å². The second kappa shape index (κ2) is 4.75. The fourth-order valence-electron chi connectivity index (χ4n) is 1.32. The molecule has 0 atom stereocenters. The Morgan fingerprint density at radius 3 is 2.41 bits per heavy atom. The van der Waals surface area contributed by atoms with E-state index in [0.29, 0.717) is 6.54 Å². The highest BCUT2D eigenvalue weighted by Gasteiger charge is 2.15. The molecule has 0 unspecified atom stereocenters. The van der Waals surface area contributed by atoms with Crippen molar-refractivity contribution < 1.29 is 13.2 Å². The molecule has 0 fully saturated rings. The summed E-state index contributed by atoms with van der Waals surface area (Å²) < 4.78 is 22.8. The fraction of sp³-hybridized carbons (Fsp3) is 0.364. The SMILES string of the molecule is CCN(C)C(=O)c1cc(N)cc(S(C)(=O)=O)c1. The molecule has 94 valence electrons. The maximum Gasteiger partial charge on any atom is 0.253 e. The van der Waals surface area contributed by atoms with Crippen molar-refractivity contribution in [1.82, 2.24) is 4.90 Å². The Bertz CT molecular complexity index is 538. The van der Waals surface area contributed by atoms with Gasteiger partial charge in [-0.2, -0.15) is 0 Å². The van der Waals surface area contributed by atoms with Crippen molar-refractivity contribution in [3.8, 4) is 0 Å². The number of hydrogen-bond acceptors (Lipinski definition) is 4. The highest BCUT2D eigenvalue weighted by Crippen LogP contribution is 2.17. The fourth-order valence-corrected chi connectivity index (χ4v) is 2.01. The van der Waals surface area contributed by atoms with Crippen molar-refractivity contribution in [1.29, 1.82) is 0 Å². The van der Waals surface area contributed by atoms with Crippen molar-refractivity contribution >= 4 is 21.4 Å². The van der Waals surface area contributed by atoms with Gasteiger partial charge >= 0.3 is 0 Å². The van der Waals surface area contributed by atoms with Crippen molar-refractivity contribution in [3.05, 3.63) is 23.8 Å². The summed E-state index contributed by atoms with van der Waals surface area (Å²) in [5.74, 6) is -0.246. The molecule has 0 aliphatic rings. The smallest absolute Gasteiger partial charge is 0.253 e. The molecule has 5 nitrogen and oxygen atoms in total. The van der Waals surface area contributed by atoms with Gasteiger partial charge in [-0.25, -0.2) is 8.42 Å². The zero-order valence-electron chi connectivity index (χ0n) is 10.1. The van der Waals surface area contributed by atoms with Gasteiger partial charge in [0.15, 0.2) is 9.84 Å². The molecule has 0 aliphatic carbocycles. The Balaban J connectivity index is 3.28. The number of nitrogens with zero attached hydrogens (tertiary/aromatic N) is 1. The molecule has 0 aromatic heterocycles. The van der Waals surface area contributed by atoms with Crippen molar-refractivity contribution in [3.63, 3.8) is 0 Å². The summed E-state index contributed by atoms with van der Waals surface area (Å²) in [6.45, 7) is 2.38. The number of sulfone groups is 1. The number of carbonyl (C=O) groups is 1. The Kier molecular flexibility index (Phi) is 3.77. The van der Waals surface area contributed by atoms with Gasteiger partial charge in [0.2, 0.25) is 0 Å². The largest absolute Gasteiger partial charge is 0.399 e. The van der Waals surface area contributed by atoms with E-state index in [0.717, 1.165) is 6.26 Å². The van der Waals surface area contributed by atoms with E-state index >= 15 is 0 Å². The van der Waals surface area contributed by atoms with Gasteiger partial charge in [-0.3, -0.25) is 4.79 Å². The average molecular weight is 256 g/mol. The molecule has 1 rings (SSSR count). The van der Waals surface area contributed by atoms with Crippen molar-refractivity contribution in [2.45, 2.75) is 11.8 Å². The van der Waals surface area contributed by atoms with E-state index in [9.17, 15) is 13.2 Å². The predicted octanol–water partition coefficient (Wildman–Crippen LogP) is 0.764. The van der Waals surface area contributed by atoms with E-state index in [1.165, 1.54) is 23.1 Å². The van der Waals surface area contributed by atoms with Crippen LogP contribution in [-0.2, 0) is 9.84 Å². The lowest BCUT2D eigenvalue weighted by Gasteiger charge is -2.15. The number of rotatable bonds is 3. The average Bonchev–Trinajstić information content (AvgIpc) is 2.25. The topological polar surface area (TPSA) is 80.5 Å². The summed E-state index contributed by atoms with van der Waals surface area (Å²) in [6, 6.07) is 4.17. The molecule has 0 bridgehead atoms.